The Morgan fingerprint density at radius 2 is 1.93 bits per heavy atom. The van der Waals surface area contributed by atoms with E-state index in [1.54, 1.807) is 24.3 Å². The number of ether oxygens (including phenoxy) is 2. The van der Waals surface area contributed by atoms with Crippen molar-refractivity contribution in [3.8, 4) is 0 Å². The monoisotopic (exact) mass is 385 g/mol. The molecule has 4 rings (SSSR count). The zero-order chi connectivity index (χ0) is 19.5. The van der Waals surface area contributed by atoms with Crippen LogP contribution in [-0.4, -0.2) is 35.3 Å². The molecule has 0 aliphatic carbocycles. The summed E-state index contributed by atoms with van der Waals surface area (Å²) in [5, 5.41) is 2.83. The summed E-state index contributed by atoms with van der Waals surface area (Å²) in [6, 6.07) is 10.3. The molecule has 0 radical (unpaired) electrons. The fourth-order valence-electron chi connectivity index (χ4n) is 2.95. The van der Waals surface area contributed by atoms with E-state index >= 15 is 0 Å². The molecular formula is C20H17F2N3O3. The van der Waals surface area contributed by atoms with Crippen molar-refractivity contribution >= 4 is 28.5 Å². The molecule has 144 valence electrons. The first-order valence-electron chi connectivity index (χ1n) is 8.88. The van der Waals surface area contributed by atoms with Gasteiger partial charge in [0.1, 0.15) is 6.61 Å². The number of halogens is 2. The van der Waals surface area contributed by atoms with Crippen LogP contribution in [0.4, 0.5) is 20.3 Å². The second-order valence-electron chi connectivity index (χ2n) is 6.40. The lowest BCUT2D eigenvalue weighted by Crippen LogP contribution is -2.19. The number of anilines is 2. The van der Waals surface area contributed by atoms with Gasteiger partial charge in [-0.1, -0.05) is 12.1 Å². The van der Waals surface area contributed by atoms with Gasteiger partial charge in [-0.15, -0.1) is 0 Å². The van der Waals surface area contributed by atoms with E-state index in [0.29, 0.717) is 17.6 Å². The molecule has 28 heavy (non-hydrogen) atoms. The molecule has 2 aromatic carbocycles. The lowest BCUT2D eigenvalue weighted by Gasteiger charge is -2.13. The van der Waals surface area contributed by atoms with Crippen LogP contribution in [0.2, 0.25) is 0 Å². The molecule has 1 aliphatic rings. The van der Waals surface area contributed by atoms with Crippen molar-refractivity contribution in [2.75, 3.05) is 18.5 Å². The molecule has 8 heteroatoms. The van der Waals surface area contributed by atoms with E-state index in [-0.39, 0.29) is 29.9 Å². The molecule has 0 saturated carbocycles. The third kappa shape index (κ3) is 3.91. The number of nitrogens with zero attached hydrogens (tertiary/aromatic N) is 2. The summed E-state index contributed by atoms with van der Waals surface area (Å²) in [5.74, 6) is -2.55. The van der Waals surface area contributed by atoms with Gasteiger partial charge in [0.25, 0.3) is 0 Å². The summed E-state index contributed by atoms with van der Waals surface area (Å²) in [7, 11) is 0. The molecule has 0 spiro atoms. The van der Waals surface area contributed by atoms with Crippen molar-refractivity contribution in [3.63, 3.8) is 0 Å². The van der Waals surface area contributed by atoms with Gasteiger partial charge in [-0.3, -0.25) is 0 Å². The van der Waals surface area contributed by atoms with Crippen molar-refractivity contribution in [3.05, 3.63) is 59.8 Å². The number of hydrogen-bond donors (Lipinski definition) is 1. The highest BCUT2D eigenvalue weighted by Crippen LogP contribution is 2.23. The fraction of sp³-hybridized carbons (Fsp3) is 0.250. The molecule has 1 aromatic heterocycles. The molecule has 1 N–H and O–H groups in total. The maximum absolute atomic E-state index is 13.5. The molecule has 1 saturated heterocycles. The number of nitrogens with one attached hydrogen (secondary N) is 1. The molecule has 1 aliphatic heterocycles. The zero-order valence-corrected chi connectivity index (χ0v) is 14.8. The molecule has 1 fully saturated rings. The van der Waals surface area contributed by atoms with Crippen LogP contribution >= 0.6 is 0 Å². The van der Waals surface area contributed by atoms with Crippen LogP contribution in [0.15, 0.2) is 42.5 Å². The van der Waals surface area contributed by atoms with Crippen LogP contribution in [0.1, 0.15) is 23.3 Å². The third-order valence-electron chi connectivity index (χ3n) is 4.37. The van der Waals surface area contributed by atoms with Gasteiger partial charge in [0.2, 0.25) is 0 Å². The van der Waals surface area contributed by atoms with E-state index in [2.05, 4.69) is 15.3 Å². The smallest absolute Gasteiger partial charge is 0.360 e. The Balaban J connectivity index is 1.65. The highest BCUT2D eigenvalue weighted by atomic mass is 19.2. The van der Waals surface area contributed by atoms with Crippen LogP contribution in [-0.2, 0) is 9.47 Å². The lowest BCUT2D eigenvalue weighted by atomic mass is 10.2. The first-order valence-corrected chi connectivity index (χ1v) is 8.88. The number of aromatic nitrogens is 2. The molecule has 6 nitrogen and oxygen atoms in total. The number of rotatable bonds is 5. The Bertz CT molecular complexity index is 1020. The number of hydrogen-bond acceptors (Lipinski definition) is 6. The van der Waals surface area contributed by atoms with Gasteiger partial charge < -0.3 is 14.8 Å². The lowest BCUT2D eigenvalue weighted by molar-refractivity contribution is 0.0157. The maximum atomic E-state index is 13.5. The number of para-hydroxylation sites is 2. The molecule has 3 aromatic rings. The van der Waals surface area contributed by atoms with E-state index in [0.717, 1.165) is 25.0 Å². The van der Waals surface area contributed by atoms with Gasteiger partial charge in [-0.2, -0.15) is 0 Å². The Morgan fingerprint density at radius 3 is 2.64 bits per heavy atom. The van der Waals surface area contributed by atoms with Gasteiger partial charge in [0.15, 0.2) is 23.1 Å². The summed E-state index contributed by atoms with van der Waals surface area (Å²) in [5.41, 5.74) is 1.25. The van der Waals surface area contributed by atoms with Crippen LogP contribution in [0.25, 0.3) is 11.0 Å². The third-order valence-corrected chi connectivity index (χ3v) is 4.37. The molecule has 1 atom stereocenters. The summed E-state index contributed by atoms with van der Waals surface area (Å²) in [4.78, 5) is 21.4. The highest BCUT2D eigenvalue weighted by Gasteiger charge is 2.22. The minimum atomic E-state index is -1.01. The summed E-state index contributed by atoms with van der Waals surface area (Å²) >= 11 is 0. The molecular weight excluding hydrogens is 368 g/mol. The van der Waals surface area contributed by atoms with Gasteiger partial charge in [-0.25, -0.2) is 23.5 Å². The van der Waals surface area contributed by atoms with E-state index in [9.17, 15) is 13.6 Å². The average Bonchev–Trinajstić information content (AvgIpc) is 3.22. The molecule has 0 unspecified atom stereocenters. The van der Waals surface area contributed by atoms with Crippen molar-refractivity contribution in [1.82, 2.24) is 9.97 Å². The molecule has 0 bridgehead atoms. The minimum absolute atomic E-state index is 0.0403. The summed E-state index contributed by atoms with van der Waals surface area (Å²) in [6.07, 6.45) is 1.64. The van der Waals surface area contributed by atoms with Crippen molar-refractivity contribution in [2.45, 2.75) is 18.9 Å². The summed E-state index contributed by atoms with van der Waals surface area (Å²) in [6.45, 7) is 0.777. The Labute approximate surface area is 159 Å². The van der Waals surface area contributed by atoms with E-state index < -0.39 is 17.6 Å². The van der Waals surface area contributed by atoms with Crippen LogP contribution in [0, 0.1) is 11.6 Å². The Hall–Kier alpha value is -3.13. The van der Waals surface area contributed by atoms with Crippen molar-refractivity contribution in [2.24, 2.45) is 0 Å². The first kappa shape index (κ1) is 18.2. The number of carbonyl (C=O) groups excluding carboxylic acids is 1. The minimum Gasteiger partial charge on any atom is -0.458 e. The maximum Gasteiger partial charge on any atom is 0.360 e. The standard InChI is InChI=1S/C20H17F2N3O3/c21-14-8-7-12(10-15(14)22)23-19-18(20(26)28-11-13-4-3-9-27-13)24-16-5-1-2-6-17(16)25-19/h1-2,5-8,10,13H,3-4,9,11H2,(H,23,25)/t13-/m1/s1. The highest BCUT2D eigenvalue weighted by molar-refractivity contribution is 5.96. The summed E-state index contributed by atoms with van der Waals surface area (Å²) < 4.78 is 37.5. The SMILES string of the molecule is O=C(OC[C@H]1CCCO1)c1nc2ccccc2nc1Nc1ccc(F)c(F)c1. The van der Waals surface area contributed by atoms with Crippen LogP contribution < -0.4 is 5.32 Å². The van der Waals surface area contributed by atoms with Crippen LogP contribution in [0.5, 0.6) is 0 Å². The van der Waals surface area contributed by atoms with Crippen molar-refractivity contribution < 1.29 is 23.0 Å². The first-order chi connectivity index (χ1) is 13.6. The van der Waals surface area contributed by atoms with Crippen molar-refractivity contribution in [1.29, 1.82) is 0 Å². The van der Waals surface area contributed by atoms with Gasteiger partial charge in [0, 0.05) is 18.4 Å². The number of benzene rings is 2. The van der Waals surface area contributed by atoms with E-state index in [4.69, 9.17) is 9.47 Å². The quantitative estimate of drug-likeness (QED) is 0.670. The second kappa shape index (κ2) is 7.85. The Morgan fingerprint density at radius 1 is 1.14 bits per heavy atom. The fourth-order valence-corrected chi connectivity index (χ4v) is 2.95. The van der Waals surface area contributed by atoms with Crippen LogP contribution in [0.3, 0.4) is 0 Å². The predicted octanol–water partition coefficient (Wildman–Crippen LogP) is 3.99. The predicted molar refractivity (Wildman–Crippen MR) is 98.4 cm³/mol. The average molecular weight is 385 g/mol. The van der Waals surface area contributed by atoms with Gasteiger partial charge >= 0.3 is 5.97 Å². The second-order valence-corrected chi connectivity index (χ2v) is 6.40. The largest absolute Gasteiger partial charge is 0.458 e. The molecule has 2 heterocycles. The van der Waals surface area contributed by atoms with E-state index in [1.165, 1.54) is 6.07 Å². The number of fused-ring (bicyclic) bond motifs is 1. The number of esters is 1. The van der Waals surface area contributed by atoms with Gasteiger partial charge in [0.05, 0.1) is 17.1 Å². The van der Waals surface area contributed by atoms with E-state index in [1.807, 2.05) is 0 Å². The van der Waals surface area contributed by atoms with Gasteiger partial charge in [-0.05, 0) is 37.1 Å². The normalized spacial score (nSPS) is 16.3. The zero-order valence-electron chi connectivity index (χ0n) is 14.8. The molecule has 0 amide bonds. The number of carbonyl (C=O) groups is 1. The Kier molecular flexibility index (Phi) is 5.12. The topological polar surface area (TPSA) is 73.3 Å².